The summed E-state index contributed by atoms with van der Waals surface area (Å²) in [7, 11) is 0. The van der Waals surface area contributed by atoms with Gasteiger partial charge in [-0.2, -0.15) is 0 Å². The molecule has 0 aliphatic carbocycles. The van der Waals surface area contributed by atoms with Crippen molar-refractivity contribution in [3.05, 3.63) is 71.8 Å². The van der Waals surface area contributed by atoms with E-state index in [1.165, 1.54) is 6.08 Å². The van der Waals surface area contributed by atoms with Crippen LogP contribution < -0.4 is 10.6 Å². The number of carbonyl (C=O) groups excluding carboxylic acids is 2. The molecule has 0 fully saturated rings. The van der Waals surface area contributed by atoms with E-state index < -0.39 is 0 Å². The molecule has 2 amide bonds. The molecule has 25 heavy (non-hydrogen) atoms. The highest BCUT2D eigenvalue weighted by Gasteiger charge is 2.08. The number of esters is 1. The summed E-state index contributed by atoms with van der Waals surface area (Å²) in [5.41, 5.74) is 2.56. The minimum atomic E-state index is -0.376. The summed E-state index contributed by atoms with van der Waals surface area (Å²) < 4.78 is 4.82. The summed E-state index contributed by atoms with van der Waals surface area (Å²) in [5, 5.41) is 5.68. The van der Waals surface area contributed by atoms with Gasteiger partial charge in [-0.05, 0) is 43.2 Å². The molecular weight excluding hydrogens is 316 g/mol. The highest BCUT2D eigenvalue weighted by molar-refractivity contribution is 5.90. The second-order valence-corrected chi connectivity index (χ2v) is 5.44. The smallest absolute Gasteiger partial charge is 0.330 e. The van der Waals surface area contributed by atoms with E-state index in [4.69, 9.17) is 4.74 Å². The molecule has 5 heteroatoms. The Morgan fingerprint density at radius 1 is 1.08 bits per heavy atom. The molecule has 0 heterocycles. The van der Waals surface area contributed by atoms with Crippen molar-refractivity contribution < 1.29 is 14.3 Å². The fraction of sp³-hybridized carbons (Fsp3) is 0.200. The lowest BCUT2D eigenvalue weighted by atomic mass is 10.1. The average molecular weight is 338 g/mol. The molecule has 2 N–H and O–H groups in total. The van der Waals surface area contributed by atoms with Crippen LogP contribution in [0, 0.1) is 0 Å². The van der Waals surface area contributed by atoms with E-state index in [1.807, 2.05) is 49.4 Å². The van der Waals surface area contributed by atoms with Gasteiger partial charge in [0, 0.05) is 11.8 Å². The van der Waals surface area contributed by atoms with Crippen LogP contribution >= 0.6 is 0 Å². The zero-order valence-corrected chi connectivity index (χ0v) is 14.4. The molecule has 0 saturated carbocycles. The van der Waals surface area contributed by atoms with Crippen molar-refractivity contribution in [2.75, 3.05) is 11.9 Å². The van der Waals surface area contributed by atoms with Gasteiger partial charge in [-0.1, -0.05) is 42.5 Å². The van der Waals surface area contributed by atoms with E-state index in [9.17, 15) is 9.59 Å². The van der Waals surface area contributed by atoms with Gasteiger partial charge in [0.2, 0.25) is 0 Å². The zero-order chi connectivity index (χ0) is 18.1. The predicted molar refractivity (Wildman–Crippen MR) is 99.1 cm³/mol. The SMILES string of the molecule is CCOC(=O)/C=C/c1ccc(NC(=O)NC(C)c2ccccc2)cc1. The summed E-state index contributed by atoms with van der Waals surface area (Å²) in [4.78, 5) is 23.3. The lowest BCUT2D eigenvalue weighted by Gasteiger charge is -2.15. The molecule has 1 unspecified atom stereocenters. The van der Waals surface area contributed by atoms with Crippen LogP contribution in [0.25, 0.3) is 6.08 Å². The second kappa shape index (κ2) is 9.27. The van der Waals surface area contributed by atoms with E-state index >= 15 is 0 Å². The molecule has 1 atom stereocenters. The van der Waals surface area contributed by atoms with Gasteiger partial charge in [-0.15, -0.1) is 0 Å². The minimum Gasteiger partial charge on any atom is -0.463 e. The Morgan fingerprint density at radius 3 is 2.40 bits per heavy atom. The Balaban J connectivity index is 1.88. The lowest BCUT2D eigenvalue weighted by molar-refractivity contribution is -0.137. The first-order chi connectivity index (χ1) is 12.1. The van der Waals surface area contributed by atoms with E-state index in [-0.39, 0.29) is 18.0 Å². The molecule has 0 aliphatic rings. The number of ether oxygens (including phenoxy) is 1. The zero-order valence-electron chi connectivity index (χ0n) is 14.4. The van der Waals surface area contributed by atoms with Crippen molar-refractivity contribution in [2.24, 2.45) is 0 Å². The maximum Gasteiger partial charge on any atom is 0.330 e. The molecule has 0 aromatic heterocycles. The number of amides is 2. The highest BCUT2D eigenvalue weighted by Crippen LogP contribution is 2.13. The van der Waals surface area contributed by atoms with E-state index in [2.05, 4.69) is 10.6 Å². The van der Waals surface area contributed by atoms with Crippen LogP contribution in [0.2, 0.25) is 0 Å². The Hall–Kier alpha value is -3.08. The van der Waals surface area contributed by atoms with Crippen LogP contribution in [0.4, 0.5) is 10.5 Å². The van der Waals surface area contributed by atoms with Crippen LogP contribution in [0.3, 0.4) is 0 Å². The fourth-order valence-corrected chi connectivity index (χ4v) is 2.22. The third-order valence-electron chi connectivity index (χ3n) is 3.51. The molecule has 0 radical (unpaired) electrons. The number of benzene rings is 2. The van der Waals surface area contributed by atoms with Crippen LogP contribution in [0.15, 0.2) is 60.7 Å². The van der Waals surface area contributed by atoms with Gasteiger partial charge < -0.3 is 15.4 Å². The molecule has 5 nitrogen and oxygen atoms in total. The molecule has 2 aromatic carbocycles. The van der Waals surface area contributed by atoms with E-state index in [0.29, 0.717) is 12.3 Å². The first-order valence-electron chi connectivity index (χ1n) is 8.16. The largest absolute Gasteiger partial charge is 0.463 e. The number of anilines is 1. The van der Waals surface area contributed by atoms with Gasteiger partial charge in [0.1, 0.15) is 0 Å². The van der Waals surface area contributed by atoms with Crippen LogP contribution in [-0.2, 0) is 9.53 Å². The van der Waals surface area contributed by atoms with Crippen molar-refractivity contribution in [1.29, 1.82) is 0 Å². The summed E-state index contributed by atoms with van der Waals surface area (Å²) in [6.07, 6.45) is 3.04. The van der Waals surface area contributed by atoms with Gasteiger partial charge in [0.05, 0.1) is 12.6 Å². The van der Waals surface area contributed by atoms with Gasteiger partial charge in [0.25, 0.3) is 0 Å². The van der Waals surface area contributed by atoms with Crippen LogP contribution in [0.5, 0.6) is 0 Å². The maximum absolute atomic E-state index is 12.1. The number of hydrogen-bond acceptors (Lipinski definition) is 3. The highest BCUT2D eigenvalue weighted by atomic mass is 16.5. The fourth-order valence-electron chi connectivity index (χ4n) is 2.22. The third-order valence-corrected chi connectivity index (χ3v) is 3.51. The molecule has 0 spiro atoms. The number of carbonyl (C=O) groups is 2. The van der Waals surface area contributed by atoms with Crippen molar-refractivity contribution in [3.63, 3.8) is 0 Å². The van der Waals surface area contributed by atoms with E-state index in [0.717, 1.165) is 11.1 Å². The summed E-state index contributed by atoms with van der Waals surface area (Å²) in [5.74, 6) is -0.376. The Bertz CT molecular complexity index is 724. The topological polar surface area (TPSA) is 67.4 Å². The first kappa shape index (κ1) is 18.3. The lowest BCUT2D eigenvalue weighted by Crippen LogP contribution is -2.31. The van der Waals surface area contributed by atoms with Crippen molar-refractivity contribution in [1.82, 2.24) is 5.32 Å². The van der Waals surface area contributed by atoms with Crippen molar-refractivity contribution in [3.8, 4) is 0 Å². The summed E-state index contributed by atoms with van der Waals surface area (Å²) in [6, 6.07) is 16.6. The Labute approximate surface area is 147 Å². The van der Waals surface area contributed by atoms with Gasteiger partial charge in [-0.25, -0.2) is 9.59 Å². The Morgan fingerprint density at radius 2 is 1.76 bits per heavy atom. The molecule has 0 aliphatic heterocycles. The number of hydrogen-bond donors (Lipinski definition) is 2. The molecule has 2 aromatic rings. The maximum atomic E-state index is 12.1. The number of nitrogens with one attached hydrogen (secondary N) is 2. The molecular formula is C20H22N2O3. The number of urea groups is 1. The quantitative estimate of drug-likeness (QED) is 0.614. The van der Waals surface area contributed by atoms with Gasteiger partial charge in [-0.3, -0.25) is 0 Å². The minimum absolute atomic E-state index is 0.0898. The first-order valence-corrected chi connectivity index (χ1v) is 8.16. The van der Waals surface area contributed by atoms with Gasteiger partial charge in [0.15, 0.2) is 0 Å². The second-order valence-electron chi connectivity index (χ2n) is 5.44. The average Bonchev–Trinajstić information content (AvgIpc) is 2.62. The van der Waals surface area contributed by atoms with Gasteiger partial charge >= 0.3 is 12.0 Å². The van der Waals surface area contributed by atoms with Crippen LogP contribution in [0.1, 0.15) is 31.0 Å². The molecule has 130 valence electrons. The normalized spacial score (nSPS) is 11.8. The van der Waals surface area contributed by atoms with Crippen molar-refractivity contribution >= 4 is 23.8 Å². The monoisotopic (exact) mass is 338 g/mol. The predicted octanol–water partition coefficient (Wildman–Crippen LogP) is 4.15. The molecule has 2 rings (SSSR count). The third kappa shape index (κ3) is 6.14. The van der Waals surface area contributed by atoms with Crippen molar-refractivity contribution in [2.45, 2.75) is 19.9 Å². The standard InChI is InChI=1S/C20H22N2O3/c1-3-25-19(23)14-11-16-9-12-18(13-10-16)22-20(24)21-15(2)17-7-5-4-6-8-17/h4-15H,3H2,1-2H3,(H2,21,22,24)/b14-11+. The summed E-state index contributed by atoms with van der Waals surface area (Å²) >= 11 is 0. The van der Waals surface area contributed by atoms with Crippen LogP contribution in [-0.4, -0.2) is 18.6 Å². The molecule has 0 bridgehead atoms. The molecule has 0 saturated heterocycles. The summed E-state index contributed by atoms with van der Waals surface area (Å²) in [6.45, 7) is 4.04. The Kier molecular flexibility index (Phi) is 6.77. The number of rotatable bonds is 6. The van der Waals surface area contributed by atoms with E-state index in [1.54, 1.807) is 25.1 Å².